The van der Waals surface area contributed by atoms with Crippen molar-refractivity contribution in [2.45, 2.75) is 33.7 Å². The number of nitrogens with zero attached hydrogens (tertiary/aromatic N) is 3. The molecule has 0 aliphatic carbocycles. The number of hydrogen-bond acceptors (Lipinski definition) is 4. The van der Waals surface area contributed by atoms with Gasteiger partial charge in [-0.3, -0.25) is 0 Å². The second-order valence-corrected chi connectivity index (χ2v) is 4.86. The van der Waals surface area contributed by atoms with Gasteiger partial charge in [0.25, 0.3) is 0 Å². The second kappa shape index (κ2) is 5.53. The number of aromatic nitrogens is 1. The molecule has 17 heavy (non-hydrogen) atoms. The van der Waals surface area contributed by atoms with Crippen molar-refractivity contribution in [3.8, 4) is 6.07 Å². The second-order valence-electron chi connectivity index (χ2n) is 4.86. The molecule has 4 heteroatoms. The summed E-state index contributed by atoms with van der Waals surface area (Å²) in [6.07, 6.45) is 0. The molecule has 1 rings (SSSR count). The van der Waals surface area contributed by atoms with Gasteiger partial charge in [0.15, 0.2) is 5.69 Å². The van der Waals surface area contributed by atoms with Gasteiger partial charge in [-0.2, -0.15) is 5.26 Å². The van der Waals surface area contributed by atoms with Crippen LogP contribution in [0.4, 0.5) is 11.5 Å². The van der Waals surface area contributed by atoms with Crippen molar-refractivity contribution in [3.63, 3.8) is 0 Å². The normalized spacial score (nSPS) is 10.6. The first-order valence-electron chi connectivity index (χ1n) is 5.89. The molecule has 0 aliphatic rings. The Morgan fingerprint density at radius 2 is 2.00 bits per heavy atom. The highest BCUT2D eigenvalue weighted by Crippen LogP contribution is 2.19. The minimum absolute atomic E-state index is 0.303. The molecule has 0 unspecified atom stereocenters. The van der Waals surface area contributed by atoms with E-state index in [2.05, 4.69) is 37.6 Å². The van der Waals surface area contributed by atoms with Crippen LogP contribution in [0.2, 0.25) is 0 Å². The Labute approximate surface area is 103 Å². The van der Waals surface area contributed by atoms with Crippen LogP contribution in [0.3, 0.4) is 0 Å². The summed E-state index contributed by atoms with van der Waals surface area (Å²) in [7, 11) is 0. The van der Waals surface area contributed by atoms with Crippen molar-refractivity contribution in [2.24, 2.45) is 5.92 Å². The van der Waals surface area contributed by atoms with Crippen LogP contribution in [0.5, 0.6) is 0 Å². The van der Waals surface area contributed by atoms with Crippen LogP contribution < -0.4 is 10.6 Å². The van der Waals surface area contributed by atoms with E-state index in [-0.39, 0.29) is 0 Å². The van der Waals surface area contributed by atoms with Crippen molar-refractivity contribution < 1.29 is 0 Å². The monoisotopic (exact) mass is 232 g/mol. The number of pyridine rings is 1. The topological polar surface area (TPSA) is 65.9 Å². The van der Waals surface area contributed by atoms with E-state index < -0.39 is 0 Å². The Morgan fingerprint density at radius 1 is 1.35 bits per heavy atom. The standard InChI is InChI=1S/C13H20N4/c1-9(2)8-17(10(3)4)13-6-5-11(15)12(7-14)16-13/h5-6,9-10H,8,15H2,1-4H3. The van der Waals surface area contributed by atoms with Gasteiger partial charge in [0.2, 0.25) is 0 Å². The zero-order chi connectivity index (χ0) is 13.0. The first kappa shape index (κ1) is 13.3. The third-order valence-corrected chi connectivity index (χ3v) is 2.50. The fourth-order valence-electron chi connectivity index (χ4n) is 1.67. The molecule has 0 radical (unpaired) electrons. The molecular formula is C13H20N4. The number of hydrogen-bond donors (Lipinski definition) is 1. The van der Waals surface area contributed by atoms with Crippen LogP contribution in [0.15, 0.2) is 12.1 Å². The predicted octanol–water partition coefficient (Wildman–Crippen LogP) is 2.41. The summed E-state index contributed by atoms with van der Waals surface area (Å²) in [6, 6.07) is 5.99. The first-order chi connectivity index (χ1) is 7.95. The molecule has 0 amide bonds. The van der Waals surface area contributed by atoms with Crippen LogP contribution in [-0.4, -0.2) is 17.6 Å². The summed E-state index contributed by atoms with van der Waals surface area (Å²) in [5, 5.41) is 8.93. The molecule has 0 spiro atoms. The molecule has 0 aliphatic heterocycles. The summed E-state index contributed by atoms with van der Waals surface area (Å²) < 4.78 is 0. The molecule has 0 saturated carbocycles. The highest BCUT2D eigenvalue weighted by molar-refractivity contribution is 5.55. The predicted molar refractivity (Wildman–Crippen MR) is 70.7 cm³/mol. The largest absolute Gasteiger partial charge is 0.396 e. The van der Waals surface area contributed by atoms with Crippen molar-refractivity contribution in [3.05, 3.63) is 17.8 Å². The Kier molecular flexibility index (Phi) is 4.33. The summed E-state index contributed by atoms with van der Waals surface area (Å²) in [6.45, 7) is 9.48. The zero-order valence-electron chi connectivity index (χ0n) is 10.9. The summed E-state index contributed by atoms with van der Waals surface area (Å²) in [5.74, 6) is 1.36. The van der Waals surface area contributed by atoms with E-state index in [9.17, 15) is 0 Å². The Balaban J connectivity index is 3.07. The Bertz CT molecular complexity index is 418. The molecule has 0 saturated heterocycles. The average Bonchev–Trinajstić information content (AvgIpc) is 2.26. The Morgan fingerprint density at radius 3 is 2.47 bits per heavy atom. The van der Waals surface area contributed by atoms with Crippen LogP contribution in [0.25, 0.3) is 0 Å². The maximum atomic E-state index is 8.93. The molecule has 1 aromatic heterocycles. The molecule has 2 N–H and O–H groups in total. The minimum atomic E-state index is 0.303. The lowest BCUT2D eigenvalue weighted by atomic mass is 10.1. The fourth-order valence-corrected chi connectivity index (χ4v) is 1.67. The van der Waals surface area contributed by atoms with Gasteiger partial charge in [-0.05, 0) is 31.9 Å². The van der Waals surface area contributed by atoms with E-state index in [0.29, 0.717) is 23.3 Å². The zero-order valence-corrected chi connectivity index (χ0v) is 10.9. The number of nitriles is 1. The van der Waals surface area contributed by atoms with Gasteiger partial charge in [-0.25, -0.2) is 4.98 Å². The van der Waals surface area contributed by atoms with Crippen LogP contribution in [0, 0.1) is 17.2 Å². The lowest BCUT2D eigenvalue weighted by Gasteiger charge is -2.29. The quantitative estimate of drug-likeness (QED) is 0.865. The number of nitrogen functional groups attached to an aromatic ring is 1. The van der Waals surface area contributed by atoms with Crippen LogP contribution >= 0.6 is 0 Å². The summed E-state index contributed by atoms with van der Waals surface area (Å²) in [5.41, 5.74) is 6.41. The van der Waals surface area contributed by atoms with E-state index in [1.165, 1.54) is 0 Å². The summed E-state index contributed by atoms with van der Waals surface area (Å²) in [4.78, 5) is 6.49. The van der Waals surface area contributed by atoms with Crippen LogP contribution in [0.1, 0.15) is 33.4 Å². The molecule has 0 bridgehead atoms. The van der Waals surface area contributed by atoms with Crippen molar-refractivity contribution >= 4 is 11.5 Å². The molecule has 1 heterocycles. The molecule has 0 atom stereocenters. The third kappa shape index (κ3) is 3.35. The van der Waals surface area contributed by atoms with Crippen molar-refractivity contribution in [1.82, 2.24) is 4.98 Å². The first-order valence-corrected chi connectivity index (χ1v) is 5.89. The lowest BCUT2D eigenvalue weighted by Crippen LogP contribution is -2.34. The molecule has 92 valence electrons. The fraction of sp³-hybridized carbons (Fsp3) is 0.538. The molecular weight excluding hydrogens is 212 g/mol. The molecule has 4 nitrogen and oxygen atoms in total. The van der Waals surface area contributed by atoms with E-state index in [1.807, 2.05) is 12.1 Å². The third-order valence-electron chi connectivity index (χ3n) is 2.50. The smallest absolute Gasteiger partial charge is 0.165 e. The van der Waals surface area contributed by atoms with Crippen molar-refractivity contribution in [1.29, 1.82) is 5.26 Å². The van der Waals surface area contributed by atoms with Crippen LogP contribution in [-0.2, 0) is 0 Å². The van der Waals surface area contributed by atoms with Gasteiger partial charge in [-0.15, -0.1) is 0 Å². The Hall–Kier alpha value is -1.76. The molecule has 0 aromatic carbocycles. The maximum Gasteiger partial charge on any atom is 0.165 e. The van der Waals surface area contributed by atoms with Crippen molar-refractivity contribution in [2.75, 3.05) is 17.2 Å². The molecule has 0 fully saturated rings. The van der Waals surface area contributed by atoms with E-state index in [4.69, 9.17) is 11.0 Å². The molecule has 1 aromatic rings. The summed E-state index contributed by atoms with van der Waals surface area (Å²) >= 11 is 0. The number of rotatable bonds is 4. The number of nitrogens with two attached hydrogens (primary N) is 1. The van der Waals surface area contributed by atoms with Gasteiger partial charge >= 0.3 is 0 Å². The van der Waals surface area contributed by atoms with E-state index in [0.717, 1.165) is 12.4 Å². The van der Waals surface area contributed by atoms with E-state index >= 15 is 0 Å². The average molecular weight is 232 g/mol. The van der Waals surface area contributed by atoms with E-state index in [1.54, 1.807) is 6.07 Å². The highest BCUT2D eigenvalue weighted by Gasteiger charge is 2.14. The minimum Gasteiger partial charge on any atom is -0.396 e. The maximum absolute atomic E-state index is 8.93. The highest BCUT2D eigenvalue weighted by atomic mass is 15.2. The van der Waals surface area contributed by atoms with Gasteiger partial charge in [0.05, 0.1) is 5.69 Å². The number of anilines is 2. The van der Waals surface area contributed by atoms with Gasteiger partial charge < -0.3 is 10.6 Å². The lowest BCUT2D eigenvalue weighted by molar-refractivity contribution is 0.566. The van der Waals surface area contributed by atoms with Gasteiger partial charge in [0, 0.05) is 12.6 Å². The van der Waals surface area contributed by atoms with Gasteiger partial charge in [-0.1, -0.05) is 13.8 Å². The van der Waals surface area contributed by atoms with Gasteiger partial charge in [0.1, 0.15) is 11.9 Å². The SMILES string of the molecule is CC(C)CN(c1ccc(N)c(C#N)n1)C(C)C.